The molecule has 0 aliphatic carbocycles. The largest absolute Gasteiger partial charge is 0.274 e. The average Bonchev–Trinajstić information content (AvgIpc) is 3.05. The number of hydrazine groups is 1. The van der Waals surface area contributed by atoms with Gasteiger partial charge in [0.15, 0.2) is 0 Å². The molecule has 2 amide bonds. The maximum absolute atomic E-state index is 12.7. The highest BCUT2D eigenvalue weighted by Gasteiger charge is 2.57. The van der Waals surface area contributed by atoms with Crippen LogP contribution in [0, 0.1) is 12.8 Å². The molecule has 3 aliphatic heterocycles. The summed E-state index contributed by atoms with van der Waals surface area (Å²) < 4.78 is 0. The third-order valence-corrected chi connectivity index (χ3v) is 4.58. The number of hydrogen-bond donors (Lipinski definition) is 0. The molecule has 0 aromatic heterocycles. The monoisotopic (exact) mass is 271 g/mol. The Hall–Kier alpha value is -1.72. The van der Waals surface area contributed by atoms with Gasteiger partial charge in [0.05, 0.1) is 11.6 Å². The Balaban J connectivity index is 1.69. The summed E-state index contributed by atoms with van der Waals surface area (Å²) in [5.41, 5.74) is 1.82. The van der Waals surface area contributed by atoms with Gasteiger partial charge >= 0.3 is 0 Å². The second-order valence-electron chi connectivity index (χ2n) is 5.83. The van der Waals surface area contributed by atoms with Gasteiger partial charge in [-0.1, -0.05) is 17.7 Å². The van der Waals surface area contributed by atoms with E-state index in [0.29, 0.717) is 12.2 Å². The zero-order valence-electron chi connectivity index (χ0n) is 11.5. The van der Waals surface area contributed by atoms with Crippen molar-refractivity contribution in [1.29, 1.82) is 0 Å². The van der Waals surface area contributed by atoms with Crippen LogP contribution in [-0.2, 0) is 9.59 Å². The van der Waals surface area contributed by atoms with Crippen LogP contribution in [0.5, 0.6) is 0 Å². The fourth-order valence-corrected chi connectivity index (χ4v) is 3.60. The number of fused-ring (bicyclic) bond motifs is 3. The number of carbonyl (C=O) groups excluding carboxylic acids is 2. The molecule has 2 atom stereocenters. The van der Waals surface area contributed by atoms with Crippen LogP contribution in [-0.4, -0.2) is 47.5 Å². The topological polar surface area (TPSA) is 43.9 Å². The van der Waals surface area contributed by atoms with Gasteiger partial charge in [-0.15, -0.1) is 0 Å². The predicted octanol–water partition coefficient (Wildman–Crippen LogP) is 0.789. The molecule has 4 rings (SSSR count). The van der Waals surface area contributed by atoms with Crippen molar-refractivity contribution in [2.75, 3.05) is 24.5 Å². The van der Waals surface area contributed by atoms with Gasteiger partial charge in [0.2, 0.25) is 5.91 Å². The van der Waals surface area contributed by atoms with E-state index in [1.807, 2.05) is 31.2 Å². The number of aryl methyl sites for hydroxylation is 1. The van der Waals surface area contributed by atoms with Crippen molar-refractivity contribution in [3.05, 3.63) is 29.8 Å². The van der Waals surface area contributed by atoms with Crippen LogP contribution in [0.1, 0.15) is 12.0 Å². The quantitative estimate of drug-likeness (QED) is 0.708. The molecular weight excluding hydrogens is 254 g/mol. The van der Waals surface area contributed by atoms with Crippen molar-refractivity contribution in [2.24, 2.45) is 5.92 Å². The lowest BCUT2D eigenvalue weighted by Crippen LogP contribution is -2.43. The van der Waals surface area contributed by atoms with Gasteiger partial charge in [-0.25, -0.2) is 14.9 Å². The molecule has 1 aromatic carbocycles. The molecule has 0 saturated carbocycles. The number of anilines is 1. The number of benzene rings is 1. The lowest BCUT2D eigenvalue weighted by Gasteiger charge is -2.24. The summed E-state index contributed by atoms with van der Waals surface area (Å²) in [4.78, 5) is 26.6. The lowest BCUT2D eigenvalue weighted by atomic mass is 10.0. The van der Waals surface area contributed by atoms with Crippen molar-refractivity contribution >= 4 is 17.5 Å². The molecule has 0 radical (unpaired) electrons. The number of imide groups is 1. The van der Waals surface area contributed by atoms with E-state index in [-0.39, 0.29) is 23.8 Å². The summed E-state index contributed by atoms with van der Waals surface area (Å²) in [7, 11) is 0. The molecule has 0 unspecified atom stereocenters. The van der Waals surface area contributed by atoms with Gasteiger partial charge in [0.25, 0.3) is 5.91 Å². The molecule has 20 heavy (non-hydrogen) atoms. The van der Waals surface area contributed by atoms with Crippen LogP contribution in [0.4, 0.5) is 5.69 Å². The summed E-state index contributed by atoms with van der Waals surface area (Å²) in [6.07, 6.45) is 1.08. The van der Waals surface area contributed by atoms with Crippen LogP contribution in [0.25, 0.3) is 0 Å². The normalized spacial score (nSPS) is 30.1. The second-order valence-corrected chi connectivity index (χ2v) is 5.83. The highest BCUT2D eigenvalue weighted by molar-refractivity contribution is 6.23. The number of rotatable bonds is 1. The van der Waals surface area contributed by atoms with Crippen LogP contribution in [0.2, 0.25) is 0 Å². The fourth-order valence-electron chi connectivity index (χ4n) is 3.60. The zero-order valence-corrected chi connectivity index (χ0v) is 11.5. The Labute approximate surface area is 117 Å². The van der Waals surface area contributed by atoms with E-state index in [2.05, 4.69) is 10.0 Å². The van der Waals surface area contributed by atoms with E-state index in [4.69, 9.17) is 0 Å². The van der Waals surface area contributed by atoms with Crippen LogP contribution in [0.3, 0.4) is 0 Å². The maximum atomic E-state index is 12.7. The van der Waals surface area contributed by atoms with Gasteiger partial charge in [-0.3, -0.25) is 9.59 Å². The second kappa shape index (κ2) is 4.14. The third kappa shape index (κ3) is 1.50. The Kier molecular flexibility index (Phi) is 2.49. The molecule has 3 saturated heterocycles. The predicted molar refractivity (Wildman–Crippen MR) is 73.8 cm³/mol. The van der Waals surface area contributed by atoms with E-state index in [0.717, 1.165) is 25.1 Å². The molecule has 0 bridgehead atoms. The lowest BCUT2D eigenvalue weighted by molar-refractivity contribution is -0.125. The number of carbonyl (C=O) groups is 2. The molecular formula is C15H17N3O2. The Morgan fingerprint density at radius 3 is 2.55 bits per heavy atom. The molecule has 3 heterocycles. The highest BCUT2D eigenvalue weighted by atomic mass is 16.2. The average molecular weight is 271 g/mol. The minimum absolute atomic E-state index is 0.0433. The summed E-state index contributed by atoms with van der Waals surface area (Å²) in [6, 6.07) is 7.31. The van der Waals surface area contributed by atoms with Crippen LogP contribution in [0.15, 0.2) is 24.3 Å². The van der Waals surface area contributed by atoms with Gasteiger partial charge in [0.1, 0.15) is 6.04 Å². The van der Waals surface area contributed by atoms with Crippen LogP contribution >= 0.6 is 0 Å². The first-order valence-corrected chi connectivity index (χ1v) is 7.13. The van der Waals surface area contributed by atoms with Crippen molar-refractivity contribution in [3.8, 4) is 0 Å². The highest BCUT2D eigenvalue weighted by Crippen LogP contribution is 2.37. The smallest absolute Gasteiger partial charge is 0.253 e. The van der Waals surface area contributed by atoms with E-state index in [1.165, 1.54) is 4.90 Å². The summed E-state index contributed by atoms with van der Waals surface area (Å²) in [6.45, 7) is 4.55. The molecule has 3 fully saturated rings. The molecule has 0 spiro atoms. The molecule has 104 valence electrons. The number of amides is 2. The van der Waals surface area contributed by atoms with Crippen molar-refractivity contribution in [1.82, 2.24) is 10.0 Å². The van der Waals surface area contributed by atoms with Crippen molar-refractivity contribution in [2.45, 2.75) is 19.4 Å². The van der Waals surface area contributed by atoms with E-state index in [1.54, 1.807) is 0 Å². The van der Waals surface area contributed by atoms with Crippen LogP contribution < -0.4 is 4.90 Å². The summed E-state index contributed by atoms with van der Waals surface area (Å²) in [5.74, 6) is -0.296. The van der Waals surface area contributed by atoms with E-state index >= 15 is 0 Å². The number of nitrogens with zero attached hydrogens (tertiary/aromatic N) is 3. The zero-order chi connectivity index (χ0) is 13.9. The first-order valence-electron chi connectivity index (χ1n) is 7.13. The summed E-state index contributed by atoms with van der Waals surface area (Å²) in [5, 5.41) is 4.26. The van der Waals surface area contributed by atoms with Gasteiger partial charge in [0, 0.05) is 19.6 Å². The molecule has 5 nitrogen and oxygen atoms in total. The SMILES string of the molecule is Cc1ccc(N2C(=O)[C@@H]3[C@@H](CN4CCCN34)C2=O)cc1. The van der Waals surface area contributed by atoms with E-state index in [9.17, 15) is 9.59 Å². The Morgan fingerprint density at radius 1 is 1.05 bits per heavy atom. The minimum Gasteiger partial charge on any atom is -0.274 e. The third-order valence-electron chi connectivity index (χ3n) is 4.58. The molecule has 1 aromatic rings. The van der Waals surface area contributed by atoms with Gasteiger partial charge in [-0.05, 0) is 25.5 Å². The molecule has 5 heteroatoms. The van der Waals surface area contributed by atoms with Crippen molar-refractivity contribution < 1.29 is 9.59 Å². The number of hydrogen-bond acceptors (Lipinski definition) is 4. The Morgan fingerprint density at radius 2 is 1.80 bits per heavy atom. The summed E-state index contributed by atoms with van der Waals surface area (Å²) >= 11 is 0. The van der Waals surface area contributed by atoms with Gasteiger partial charge in [-0.2, -0.15) is 0 Å². The fraction of sp³-hybridized carbons (Fsp3) is 0.467. The first kappa shape index (κ1) is 12.1. The minimum atomic E-state index is -0.272. The van der Waals surface area contributed by atoms with Crippen molar-refractivity contribution in [3.63, 3.8) is 0 Å². The molecule has 0 N–H and O–H groups in total. The standard InChI is InChI=1S/C15H17N3O2/c1-10-3-5-11(6-4-10)18-14(19)12-9-16-7-2-8-17(16)13(12)15(18)20/h3-6,12-13H,2,7-9H2,1H3/t12-,13+/m1/s1. The maximum Gasteiger partial charge on any atom is 0.253 e. The van der Waals surface area contributed by atoms with Gasteiger partial charge < -0.3 is 0 Å². The van der Waals surface area contributed by atoms with E-state index < -0.39 is 0 Å². The Bertz CT molecular complexity index is 583. The molecule has 3 aliphatic rings. The first-order chi connectivity index (χ1) is 9.66.